The molecule has 0 spiro atoms. The van der Waals surface area contributed by atoms with Gasteiger partial charge in [-0.05, 0) is 31.8 Å². The van der Waals surface area contributed by atoms with E-state index in [0.29, 0.717) is 0 Å². The molecule has 1 aliphatic rings. The second-order valence-corrected chi connectivity index (χ2v) is 2.90. The van der Waals surface area contributed by atoms with E-state index in [1.54, 1.807) is 0 Å². The molecule has 0 amide bonds. The number of hydrogen-bond acceptors (Lipinski definition) is 0. The summed E-state index contributed by atoms with van der Waals surface area (Å²) in [5.74, 6) is 0. The van der Waals surface area contributed by atoms with Crippen LogP contribution in [-0.2, 0) is 0 Å². The third-order valence-corrected chi connectivity index (χ3v) is 1.88. The second kappa shape index (κ2) is 5.59. The smallest absolute Gasteiger partial charge is 0.0101 e. The second-order valence-electron chi connectivity index (χ2n) is 2.90. The summed E-state index contributed by atoms with van der Waals surface area (Å²) in [6.45, 7) is 2.05. The van der Waals surface area contributed by atoms with E-state index in [2.05, 4.69) is 49.5 Å². The van der Waals surface area contributed by atoms with Crippen molar-refractivity contribution in [3.63, 3.8) is 0 Å². The average Bonchev–Trinajstić information content (AvgIpc) is 2.14. The molecule has 0 aliphatic heterocycles. The Labute approximate surface area is 75.0 Å². The highest BCUT2D eigenvalue weighted by Crippen LogP contribution is 2.11. The largest absolute Gasteiger partial charge is 0.0914 e. The standard InChI is InChI=1S/C12H16/c1-2-3-4-6-9-12-10-7-5-8-11-12/h2-3,5-7,9,11H,4,8,10H2,1H3. The Bertz CT molecular complexity index is 226. The molecule has 1 aliphatic carbocycles. The van der Waals surface area contributed by atoms with E-state index in [1.807, 2.05) is 0 Å². The Hall–Kier alpha value is -1.04. The molecule has 0 N–H and O–H groups in total. The van der Waals surface area contributed by atoms with Crippen LogP contribution in [0.2, 0.25) is 0 Å². The van der Waals surface area contributed by atoms with E-state index in [0.717, 1.165) is 19.3 Å². The highest BCUT2D eigenvalue weighted by atomic mass is 14.0. The maximum Gasteiger partial charge on any atom is -0.0101 e. The molecule has 0 heteroatoms. The molecular formula is C12H16. The minimum Gasteiger partial charge on any atom is -0.0914 e. The van der Waals surface area contributed by atoms with Crippen LogP contribution < -0.4 is 0 Å². The molecule has 64 valence electrons. The fraction of sp³-hybridized carbons (Fsp3) is 0.333. The minimum atomic E-state index is 1.05. The molecule has 0 aromatic carbocycles. The Balaban J connectivity index is 2.30. The topological polar surface area (TPSA) is 0 Å². The van der Waals surface area contributed by atoms with Crippen molar-refractivity contribution in [3.05, 3.63) is 48.1 Å². The van der Waals surface area contributed by atoms with Crippen molar-refractivity contribution >= 4 is 0 Å². The lowest BCUT2D eigenvalue weighted by molar-refractivity contribution is 1.16. The Morgan fingerprint density at radius 3 is 2.92 bits per heavy atom. The lowest BCUT2D eigenvalue weighted by Gasteiger charge is -2.01. The van der Waals surface area contributed by atoms with Gasteiger partial charge in [-0.2, -0.15) is 0 Å². The van der Waals surface area contributed by atoms with Crippen molar-refractivity contribution < 1.29 is 0 Å². The fourth-order valence-corrected chi connectivity index (χ4v) is 1.19. The van der Waals surface area contributed by atoms with Gasteiger partial charge in [0, 0.05) is 0 Å². The zero-order chi connectivity index (χ0) is 8.65. The van der Waals surface area contributed by atoms with E-state index in [9.17, 15) is 0 Å². The molecule has 0 radical (unpaired) electrons. The molecule has 0 bridgehead atoms. The van der Waals surface area contributed by atoms with E-state index in [-0.39, 0.29) is 0 Å². The van der Waals surface area contributed by atoms with Crippen molar-refractivity contribution in [2.75, 3.05) is 0 Å². The van der Waals surface area contributed by atoms with Gasteiger partial charge in [0.05, 0.1) is 0 Å². The maximum atomic E-state index is 2.28. The van der Waals surface area contributed by atoms with Crippen LogP contribution in [0.4, 0.5) is 0 Å². The molecule has 0 aromatic rings. The average molecular weight is 160 g/mol. The quantitative estimate of drug-likeness (QED) is 0.551. The summed E-state index contributed by atoms with van der Waals surface area (Å²) in [5.41, 5.74) is 1.45. The molecule has 0 saturated heterocycles. The summed E-state index contributed by atoms with van der Waals surface area (Å²) in [6, 6.07) is 0. The third-order valence-electron chi connectivity index (χ3n) is 1.88. The lowest BCUT2D eigenvalue weighted by Crippen LogP contribution is -1.80. The first-order valence-corrected chi connectivity index (χ1v) is 4.55. The van der Waals surface area contributed by atoms with E-state index >= 15 is 0 Å². The molecule has 12 heavy (non-hydrogen) atoms. The van der Waals surface area contributed by atoms with E-state index < -0.39 is 0 Å². The number of allylic oxidation sites excluding steroid dienone is 8. The molecular weight excluding hydrogens is 144 g/mol. The highest BCUT2D eigenvalue weighted by molar-refractivity contribution is 5.25. The monoisotopic (exact) mass is 160 g/mol. The predicted octanol–water partition coefficient (Wildman–Crippen LogP) is 3.79. The van der Waals surface area contributed by atoms with Gasteiger partial charge in [-0.15, -0.1) is 0 Å². The first-order chi connectivity index (χ1) is 5.93. The van der Waals surface area contributed by atoms with Crippen LogP contribution in [0.25, 0.3) is 0 Å². The van der Waals surface area contributed by atoms with Gasteiger partial charge in [0.2, 0.25) is 0 Å². The van der Waals surface area contributed by atoms with Gasteiger partial charge in [0.15, 0.2) is 0 Å². The summed E-state index contributed by atoms with van der Waals surface area (Å²) in [4.78, 5) is 0. The molecule has 0 nitrogen and oxygen atoms in total. The Morgan fingerprint density at radius 1 is 1.33 bits per heavy atom. The van der Waals surface area contributed by atoms with Gasteiger partial charge >= 0.3 is 0 Å². The molecule has 0 heterocycles. The fourth-order valence-electron chi connectivity index (χ4n) is 1.19. The van der Waals surface area contributed by atoms with Gasteiger partial charge in [0.25, 0.3) is 0 Å². The van der Waals surface area contributed by atoms with Crippen LogP contribution in [0.3, 0.4) is 0 Å². The van der Waals surface area contributed by atoms with Crippen molar-refractivity contribution in [3.8, 4) is 0 Å². The summed E-state index contributed by atoms with van der Waals surface area (Å²) < 4.78 is 0. The summed E-state index contributed by atoms with van der Waals surface area (Å²) >= 11 is 0. The zero-order valence-electron chi connectivity index (χ0n) is 7.66. The van der Waals surface area contributed by atoms with Gasteiger partial charge < -0.3 is 0 Å². The summed E-state index contributed by atoms with van der Waals surface area (Å²) in [6.07, 6.45) is 18.7. The molecule has 0 atom stereocenters. The van der Waals surface area contributed by atoms with Crippen molar-refractivity contribution in [1.29, 1.82) is 0 Å². The van der Waals surface area contributed by atoms with Crippen LogP contribution in [0, 0.1) is 0 Å². The number of rotatable bonds is 3. The van der Waals surface area contributed by atoms with E-state index in [4.69, 9.17) is 0 Å². The van der Waals surface area contributed by atoms with Crippen LogP contribution in [0.15, 0.2) is 48.1 Å². The van der Waals surface area contributed by atoms with Crippen molar-refractivity contribution in [2.24, 2.45) is 0 Å². The van der Waals surface area contributed by atoms with Crippen LogP contribution >= 0.6 is 0 Å². The first-order valence-electron chi connectivity index (χ1n) is 4.55. The maximum absolute atomic E-state index is 2.28. The van der Waals surface area contributed by atoms with Gasteiger partial charge in [0.1, 0.15) is 0 Å². The molecule has 1 rings (SSSR count). The van der Waals surface area contributed by atoms with Crippen molar-refractivity contribution in [1.82, 2.24) is 0 Å². The predicted molar refractivity (Wildman–Crippen MR) is 55.0 cm³/mol. The normalized spacial score (nSPS) is 17.6. The molecule has 0 aromatic heterocycles. The molecule has 0 fully saturated rings. The Kier molecular flexibility index (Phi) is 4.22. The summed E-state index contributed by atoms with van der Waals surface area (Å²) in [5, 5.41) is 0. The van der Waals surface area contributed by atoms with Gasteiger partial charge in [-0.1, -0.05) is 42.5 Å². The van der Waals surface area contributed by atoms with E-state index in [1.165, 1.54) is 5.57 Å². The van der Waals surface area contributed by atoms with Gasteiger partial charge in [-0.3, -0.25) is 0 Å². The first kappa shape index (κ1) is 9.05. The molecule has 0 unspecified atom stereocenters. The van der Waals surface area contributed by atoms with Crippen LogP contribution in [-0.4, -0.2) is 0 Å². The van der Waals surface area contributed by atoms with Crippen molar-refractivity contribution in [2.45, 2.75) is 26.2 Å². The van der Waals surface area contributed by atoms with Crippen LogP contribution in [0.1, 0.15) is 26.2 Å². The Morgan fingerprint density at radius 2 is 2.25 bits per heavy atom. The highest BCUT2D eigenvalue weighted by Gasteiger charge is 1.91. The van der Waals surface area contributed by atoms with Gasteiger partial charge in [-0.25, -0.2) is 0 Å². The third kappa shape index (κ3) is 3.38. The SMILES string of the molecule is CC=CCC=CC1=CCC=CC1. The minimum absolute atomic E-state index is 1.05. The lowest BCUT2D eigenvalue weighted by atomic mass is 10.1. The van der Waals surface area contributed by atoms with Crippen LogP contribution in [0.5, 0.6) is 0 Å². The number of hydrogen-bond donors (Lipinski definition) is 0. The molecule has 0 saturated carbocycles. The zero-order valence-corrected chi connectivity index (χ0v) is 7.66. The summed E-state index contributed by atoms with van der Waals surface area (Å²) in [7, 11) is 0.